The zero-order chi connectivity index (χ0) is 18.6. The number of benzene rings is 2. The highest BCUT2D eigenvalue weighted by molar-refractivity contribution is 6.05. The SMILES string of the molecule is COc1cccc(OC2CCN(C(=O)c3cccc4cccnc34)CC2)c1. The monoisotopic (exact) mass is 362 g/mol. The van der Waals surface area contributed by atoms with Crippen LogP contribution in [0.1, 0.15) is 23.2 Å². The molecule has 3 aromatic rings. The van der Waals surface area contributed by atoms with Gasteiger partial charge in [-0.3, -0.25) is 9.78 Å². The summed E-state index contributed by atoms with van der Waals surface area (Å²) in [6.45, 7) is 1.35. The summed E-state index contributed by atoms with van der Waals surface area (Å²) < 4.78 is 11.3. The molecule has 5 nitrogen and oxygen atoms in total. The quantitative estimate of drug-likeness (QED) is 0.706. The highest BCUT2D eigenvalue weighted by Gasteiger charge is 2.26. The van der Waals surface area contributed by atoms with Crippen LogP contribution >= 0.6 is 0 Å². The van der Waals surface area contributed by atoms with Crippen LogP contribution in [-0.4, -0.2) is 42.1 Å². The Morgan fingerprint density at radius 2 is 1.78 bits per heavy atom. The fourth-order valence-corrected chi connectivity index (χ4v) is 3.49. The van der Waals surface area contributed by atoms with E-state index < -0.39 is 0 Å². The average molecular weight is 362 g/mol. The number of hydrogen-bond donors (Lipinski definition) is 0. The van der Waals surface area contributed by atoms with Gasteiger partial charge >= 0.3 is 0 Å². The third-order valence-electron chi connectivity index (χ3n) is 4.94. The number of pyridine rings is 1. The highest BCUT2D eigenvalue weighted by atomic mass is 16.5. The van der Waals surface area contributed by atoms with E-state index in [1.807, 2.05) is 59.5 Å². The molecule has 0 saturated carbocycles. The number of para-hydroxylation sites is 1. The Balaban J connectivity index is 1.42. The molecule has 1 saturated heterocycles. The molecule has 1 aliphatic heterocycles. The minimum absolute atomic E-state index is 0.0409. The Hall–Kier alpha value is -3.08. The fourth-order valence-electron chi connectivity index (χ4n) is 3.49. The second-order valence-electron chi connectivity index (χ2n) is 6.67. The van der Waals surface area contributed by atoms with Gasteiger partial charge in [-0.05, 0) is 24.3 Å². The molecule has 0 bridgehead atoms. The van der Waals surface area contributed by atoms with E-state index in [-0.39, 0.29) is 12.0 Å². The first-order valence-corrected chi connectivity index (χ1v) is 9.18. The Morgan fingerprint density at radius 1 is 1.04 bits per heavy atom. The molecule has 1 aromatic heterocycles. The van der Waals surface area contributed by atoms with Crippen molar-refractivity contribution >= 4 is 16.8 Å². The van der Waals surface area contributed by atoms with Crippen LogP contribution in [0.25, 0.3) is 10.9 Å². The van der Waals surface area contributed by atoms with Gasteiger partial charge in [-0.15, -0.1) is 0 Å². The topological polar surface area (TPSA) is 51.7 Å². The summed E-state index contributed by atoms with van der Waals surface area (Å²) >= 11 is 0. The number of likely N-dealkylation sites (tertiary alicyclic amines) is 1. The van der Waals surface area contributed by atoms with Gasteiger partial charge in [0, 0.05) is 43.6 Å². The number of carbonyl (C=O) groups excluding carboxylic acids is 1. The highest BCUT2D eigenvalue weighted by Crippen LogP contribution is 2.24. The number of methoxy groups -OCH3 is 1. The lowest BCUT2D eigenvalue weighted by atomic mass is 10.0. The fraction of sp³-hybridized carbons (Fsp3) is 0.273. The molecule has 0 radical (unpaired) electrons. The zero-order valence-corrected chi connectivity index (χ0v) is 15.3. The van der Waals surface area contributed by atoms with Gasteiger partial charge in [-0.2, -0.15) is 0 Å². The Bertz CT molecular complexity index is 944. The molecular weight excluding hydrogens is 340 g/mol. The van der Waals surface area contributed by atoms with E-state index in [0.29, 0.717) is 18.7 Å². The van der Waals surface area contributed by atoms with Crippen LogP contribution in [0.15, 0.2) is 60.8 Å². The lowest BCUT2D eigenvalue weighted by Gasteiger charge is -2.32. The third-order valence-corrected chi connectivity index (χ3v) is 4.94. The van der Waals surface area contributed by atoms with Gasteiger partial charge in [-0.25, -0.2) is 0 Å². The van der Waals surface area contributed by atoms with Crippen molar-refractivity contribution in [1.29, 1.82) is 0 Å². The summed E-state index contributed by atoms with van der Waals surface area (Å²) in [5.41, 5.74) is 1.43. The number of rotatable bonds is 4. The first-order valence-electron chi connectivity index (χ1n) is 9.18. The molecule has 5 heteroatoms. The summed E-state index contributed by atoms with van der Waals surface area (Å²) in [6.07, 6.45) is 3.45. The first kappa shape index (κ1) is 17.3. The molecule has 1 amide bonds. The zero-order valence-electron chi connectivity index (χ0n) is 15.3. The molecule has 1 fully saturated rings. The molecule has 0 unspecified atom stereocenters. The smallest absolute Gasteiger partial charge is 0.256 e. The maximum atomic E-state index is 13.0. The van der Waals surface area contributed by atoms with Crippen LogP contribution in [0.3, 0.4) is 0 Å². The van der Waals surface area contributed by atoms with Crippen molar-refractivity contribution < 1.29 is 14.3 Å². The summed E-state index contributed by atoms with van der Waals surface area (Å²) in [5, 5.41) is 0.986. The van der Waals surface area contributed by atoms with Crippen LogP contribution in [0.5, 0.6) is 11.5 Å². The van der Waals surface area contributed by atoms with Crippen molar-refractivity contribution in [2.24, 2.45) is 0 Å². The predicted molar refractivity (Wildman–Crippen MR) is 104 cm³/mol. The second kappa shape index (κ2) is 7.66. The molecule has 1 aliphatic rings. The normalized spacial score (nSPS) is 14.9. The van der Waals surface area contributed by atoms with E-state index in [2.05, 4.69) is 4.98 Å². The van der Waals surface area contributed by atoms with E-state index >= 15 is 0 Å². The number of aromatic nitrogens is 1. The van der Waals surface area contributed by atoms with Gasteiger partial charge in [0.2, 0.25) is 0 Å². The molecule has 0 aliphatic carbocycles. The summed E-state index contributed by atoms with van der Waals surface area (Å²) in [7, 11) is 1.64. The van der Waals surface area contributed by atoms with Crippen molar-refractivity contribution in [3.8, 4) is 11.5 Å². The van der Waals surface area contributed by atoms with Gasteiger partial charge in [0.05, 0.1) is 18.2 Å². The molecule has 0 atom stereocenters. The van der Waals surface area contributed by atoms with Crippen LogP contribution in [0.2, 0.25) is 0 Å². The Kier molecular flexibility index (Phi) is 4.92. The molecule has 2 aromatic carbocycles. The summed E-state index contributed by atoms with van der Waals surface area (Å²) in [5.74, 6) is 1.63. The van der Waals surface area contributed by atoms with Gasteiger partial charge in [0.1, 0.15) is 17.6 Å². The lowest BCUT2D eigenvalue weighted by molar-refractivity contribution is 0.0597. The maximum absolute atomic E-state index is 13.0. The average Bonchev–Trinajstić information content (AvgIpc) is 2.73. The number of fused-ring (bicyclic) bond motifs is 1. The van der Waals surface area contributed by atoms with Crippen LogP contribution in [0, 0.1) is 0 Å². The number of amides is 1. The number of hydrogen-bond acceptors (Lipinski definition) is 4. The van der Waals surface area contributed by atoms with E-state index in [0.717, 1.165) is 35.2 Å². The minimum atomic E-state index is 0.0409. The number of piperidine rings is 1. The van der Waals surface area contributed by atoms with Crippen LogP contribution in [-0.2, 0) is 0 Å². The first-order chi connectivity index (χ1) is 13.2. The van der Waals surface area contributed by atoms with Gasteiger partial charge in [0.25, 0.3) is 5.91 Å². The molecule has 4 rings (SSSR count). The largest absolute Gasteiger partial charge is 0.497 e. The Labute approximate surface area is 158 Å². The summed E-state index contributed by atoms with van der Waals surface area (Å²) in [4.78, 5) is 19.3. The third kappa shape index (κ3) is 3.72. The van der Waals surface area contributed by atoms with Crippen molar-refractivity contribution in [2.75, 3.05) is 20.2 Å². The number of ether oxygens (including phenoxy) is 2. The minimum Gasteiger partial charge on any atom is -0.497 e. The van der Waals surface area contributed by atoms with Crippen molar-refractivity contribution in [3.05, 3.63) is 66.4 Å². The van der Waals surface area contributed by atoms with Gasteiger partial charge < -0.3 is 14.4 Å². The molecular formula is C22H22N2O3. The second-order valence-corrected chi connectivity index (χ2v) is 6.67. The molecule has 0 N–H and O–H groups in total. The lowest BCUT2D eigenvalue weighted by Crippen LogP contribution is -2.41. The molecule has 0 spiro atoms. The molecule has 27 heavy (non-hydrogen) atoms. The Morgan fingerprint density at radius 3 is 2.59 bits per heavy atom. The van der Waals surface area contributed by atoms with Crippen LogP contribution < -0.4 is 9.47 Å². The van der Waals surface area contributed by atoms with E-state index in [4.69, 9.17) is 9.47 Å². The van der Waals surface area contributed by atoms with Crippen molar-refractivity contribution in [2.45, 2.75) is 18.9 Å². The van der Waals surface area contributed by atoms with E-state index in [1.54, 1.807) is 13.3 Å². The number of nitrogens with zero attached hydrogens (tertiary/aromatic N) is 2. The predicted octanol–water partition coefficient (Wildman–Crippen LogP) is 3.93. The van der Waals surface area contributed by atoms with Crippen molar-refractivity contribution in [3.63, 3.8) is 0 Å². The van der Waals surface area contributed by atoms with Gasteiger partial charge in [-0.1, -0.05) is 24.3 Å². The van der Waals surface area contributed by atoms with Crippen LogP contribution in [0.4, 0.5) is 0 Å². The van der Waals surface area contributed by atoms with Crippen molar-refractivity contribution in [1.82, 2.24) is 9.88 Å². The standard InChI is InChI=1S/C22H22N2O3/c1-26-18-7-3-8-19(15-18)27-17-10-13-24(14-11-17)22(25)20-9-2-5-16-6-4-12-23-21(16)20/h2-9,12,15,17H,10-11,13-14H2,1H3. The summed E-state index contributed by atoms with van der Waals surface area (Å²) in [6, 6.07) is 17.2. The van der Waals surface area contributed by atoms with E-state index in [9.17, 15) is 4.79 Å². The molecule has 138 valence electrons. The maximum Gasteiger partial charge on any atom is 0.256 e. The van der Waals surface area contributed by atoms with E-state index in [1.165, 1.54) is 0 Å². The number of carbonyl (C=O) groups is 1. The van der Waals surface area contributed by atoms with Gasteiger partial charge in [0.15, 0.2) is 0 Å². The molecule has 2 heterocycles.